The van der Waals surface area contributed by atoms with Crippen molar-refractivity contribution in [2.45, 2.75) is 51.1 Å². The summed E-state index contributed by atoms with van der Waals surface area (Å²) >= 11 is 0. The largest absolute Gasteiger partial charge is 0.379 e. The number of fused-ring (bicyclic) bond motifs is 1. The molecule has 148 valence electrons. The third-order valence-corrected chi connectivity index (χ3v) is 6.09. The number of morpholine rings is 1. The van der Waals surface area contributed by atoms with Crippen LogP contribution in [0.15, 0.2) is 16.9 Å². The van der Waals surface area contributed by atoms with Crippen LogP contribution in [0.5, 0.6) is 0 Å². The predicted octanol–water partition coefficient (Wildman–Crippen LogP) is 1.80. The predicted molar refractivity (Wildman–Crippen MR) is 105 cm³/mol. The van der Waals surface area contributed by atoms with Crippen molar-refractivity contribution in [3.8, 4) is 0 Å². The molecule has 1 saturated carbocycles. The molecule has 2 aromatic heterocycles. The number of aromatic amines is 1. The number of hydrogen-bond donors (Lipinski definition) is 1. The van der Waals surface area contributed by atoms with E-state index < -0.39 is 0 Å². The maximum Gasteiger partial charge on any atom is 0.272 e. The molecule has 27 heavy (non-hydrogen) atoms. The number of nitrogens with one attached hydrogen (secondary N) is 1. The summed E-state index contributed by atoms with van der Waals surface area (Å²) in [5.41, 5.74) is 2.68. The second-order valence-electron chi connectivity index (χ2n) is 8.28. The Labute approximate surface area is 160 Å². The van der Waals surface area contributed by atoms with Crippen molar-refractivity contribution in [1.82, 2.24) is 24.4 Å². The molecule has 3 heterocycles. The average Bonchev–Trinajstić information content (AvgIpc) is 3.04. The quantitative estimate of drug-likeness (QED) is 0.866. The number of aromatic nitrogens is 3. The lowest BCUT2D eigenvalue weighted by atomic mass is 9.79. The standard InChI is InChI=1S/C20H31N5O2/c1-16-12-18-21-17(13-19(26)25(18)22-16)14-23(2)15-20(6-4-3-5-7-20)24-8-10-27-11-9-24/h12-13,22H,3-11,14-15H2,1-2H3. The first-order valence-electron chi connectivity index (χ1n) is 10.2. The van der Waals surface area contributed by atoms with Gasteiger partial charge in [0.1, 0.15) is 0 Å². The van der Waals surface area contributed by atoms with Gasteiger partial charge in [-0.25, -0.2) is 9.50 Å². The highest BCUT2D eigenvalue weighted by atomic mass is 16.5. The Morgan fingerprint density at radius 3 is 2.70 bits per heavy atom. The molecule has 0 amide bonds. The van der Waals surface area contributed by atoms with E-state index in [1.54, 1.807) is 6.07 Å². The summed E-state index contributed by atoms with van der Waals surface area (Å²) in [6, 6.07) is 3.57. The summed E-state index contributed by atoms with van der Waals surface area (Å²) in [6.45, 7) is 7.39. The highest BCUT2D eigenvalue weighted by Gasteiger charge is 2.39. The Hall–Kier alpha value is -1.70. The van der Waals surface area contributed by atoms with E-state index >= 15 is 0 Å². The summed E-state index contributed by atoms with van der Waals surface area (Å²) in [4.78, 5) is 22.0. The van der Waals surface area contributed by atoms with E-state index in [2.05, 4.69) is 26.9 Å². The van der Waals surface area contributed by atoms with Crippen LogP contribution in [-0.4, -0.2) is 69.8 Å². The summed E-state index contributed by atoms with van der Waals surface area (Å²) in [7, 11) is 2.16. The zero-order valence-corrected chi connectivity index (χ0v) is 16.5. The lowest BCUT2D eigenvalue weighted by Crippen LogP contribution is -2.59. The van der Waals surface area contributed by atoms with Gasteiger partial charge in [-0.1, -0.05) is 19.3 Å². The van der Waals surface area contributed by atoms with Crippen molar-refractivity contribution in [3.05, 3.63) is 33.9 Å². The lowest BCUT2D eigenvalue weighted by molar-refractivity contribution is -0.0492. The molecule has 4 rings (SSSR count). The second kappa shape index (κ2) is 7.73. The van der Waals surface area contributed by atoms with Crippen LogP contribution in [0.4, 0.5) is 0 Å². The SMILES string of the molecule is Cc1cc2nc(CN(C)CC3(N4CCOCC4)CCCCC3)cc(=O)n2[nH]1. The van der Waals surface area contributed by atoms with Gasteiger partial charge in [0.05, 0.1) is 18.9 Å². The molecule has 0 radical (unpaired) electrons. The molecule has 1 aliphatic carbocycles. The van der Waals surface area contributed by atoms with E-state index in [-0.39, 0.29) is 11.1 Å². The van der Waals surface area contributed by atoms with Crippen LogP contribution in [0.3, 0.4) is 0 Å². The van der Waals surface area contributed by atoms with E-state index in [9.17, 15) is 4.79 Å². The first-order chi connectivity index (χ1) is 13.1. The zero-order chi connectivity index (χ0) is 18.9. The highest BCUT2D eigenvalue weighted by Crippen LogP contribution is 2.35. The molecule has 0 aromatic carbocycles. The topological polar surface area (TPSA) is 65.9 Å². The van der Waals surface area contributed by atoms with E-state index in [0.717, 1.165) is 44.2 Å². The van der Waals surface area contributed by atoms with Crippen LogP contribution < -0.4 is 5.56 Å². The Bertz CT molecular complexity index is 830. The molecule has 2 fully saturated rings. The highest BCUT2D eigenvalue weighted by molar-refractivity contribution is 5.39. The molecular formula is C20H31N5O2. The number of likely N-dealkylation sites (N-methyl/N-ethyl adjacent to an activating group) is 1. The van der Waals surface area contributed by atoms with Crippen LogP contribution >= 0.6 is 0 Å². The number of rotatable bonds is 5. The Morgan fingerprint density at radius 2 is 1.96 bits per heavy atom. The normalized spacial score (nSPS) is 21.1. The van der Waals surface area contributed by atoms with Gasteiger partial charge in [0.15, 0.2) is 5.65 Å². The van der Waals surface area contributed by atoms with Crippen LogP contribution in [0.2, 0.25) is 0 Å². The number of H-pyrrole nitrogens is 1. The third kappa shape index (κ3) is 3.95. The van der Waals surface area contributed by atoms with Crippen molar-refractivity contribution in [2.24, 2.45) is 0 Å². The minimum Gasteiger partial charge on any atom is -0.379 e. The molecule has 0 bridgehead atoms. The molecule has 0 unspecified atom stereocenters. The van der Waals surface area contributed by atoms with E-state index in [1.165, 1.54) is 36.6 Å². The van der Waals surface area contributed by atoms with Crippen molar-refractivity contribution in [3.63, 3.8) is 0 Å². The maximum atomic E-state index is 12.3. The smallest absolute Gasteiger partial charge is 0.272 e. The van der Waals surface area contributed by atoms with Gasteiger partial charge in [0.25, 0.3) is 5.56 Å². The van der Waals surface area contributed by atoms with Crippen LogP contribution in [0.25, 0.3) is 5.65 Å². The Morgan fingerprint density at radius 1 is 1.22 bits per heavy atom. The van der Waals surface area contributed by atoms with Gasteiger partial charge < -0.3 is 4.74 Å². The van der Waals surface area contributed by atoms with Gasteiger partial charge in [-0.2, -0.15) is 0 Å². The van der Waals surface area contributed by atoms with E-state index in [1.807, 2.05) is 13.0 Å². The molecule has 0 spiro atoms. The number of hydrogen-bond acceptors (Lipinski definition) is 5. The first-order valence-corrected chi connectivity index (χ1v) is 10.2. The minimum absolute atomic E-state index is 0.0444. The van der Waals surface area contributed by atoms with E-state index in [0.29, 0.717) is 12.2 Å². The van der Waals surface area contributed by atoms with Gasteiger partial charge >= 0.3 is 0 Å². The fraction of sp³-hybridized carbons (Fsp3) is 0.700. The molecule has 7 heteroatoms. The van der Waals surface area contributed by atoms with Crippen molar-refractivity contribution in [2.75, 3.05) is 39.9 Å². The molecule has 0 atom stereocenters. The number of nitrogens with zero attached hydrogens (tertiary/aromatic N) is 4. The van der Waals surface area contributed by atoms with Gasteiger partial charge in [-0.05, 0) is 26.8 Å². The zero-order valence-electron chi connectivity index (χ0n) is 16.5. The molecule has 2 aliphatic rings. The molecular weight excluding hydrogens is 342 g/mol. The van der Waals surface area contributed by atoms with Crippen molar-refractivity contribution >= 4 is 5.65 Å². The first kappa shape index (κ1) is 18.7. The van der Waals surface area contributed by atoms with Gasteiger partial charge in [0.2, 0.25) is 0 Å². The monoisotopic (exact) mass is 373 g/mol. The lowest BCUT2D eigenvalue weighted by Gasteiger charge is -2.49. The Balaban J connectivity index is 1.51. The number of aryl methyl sites for hydroxylation is 1. The molecule has 2 aromatic rings. The van der Waals surface area contributed by atoms with Crippen LogP contribution in [0, 0.1) is 6.92 Å². The van der Waals surface area contributed by atoms with Crippen LogP contribution in [0.1, 0.15) is 43.5 Å². The van der Waals surface area contributed by atoms with Crippen LogP contribution in [-0.2, 0) is 11.3 Å². The fourth-order valence-corrected chi connectivity index (χ4v) is 4.90. The molecule has 7 nitrogen and oxygen atoms in total. The minimum atomic E-state index is -0.0444. The van der Waals surface area contributed by atoms with Crippen molar-refractivity contribution in [1.29, 1.82) is 0 Å². The molecule has 1 saturated heterocycles. The van der Waals surface area contributed by atoms with Gasteiger partial charge in [-0.15, -0.1) is 0 Å². The van der Waals surface area contributed by atoms with E-state index in [4.69, 9.17) is 4.74 Å². The maximum absolute atomic E-state index is 12.3. The second-order valence-corrected chi connectivity index (χ2v) is 8.28. The Kier molecular flexibility index (Phi) is 5.34. The molecule has 1 N–H and O–H groups in total. The summed E-state index contributed by atoms with van der Waals surface area (Å²) < 4.78 is 7.10. The number of ether oxygens (including phenoxy) is 1. The van der Waals surface area contributed by atoms with Gasteiger partial charge in [0, 0.05) is 49.5 Å². The summed E-state index contributed by atoms with van der Waals surface area (Å²) in [5, 5.41) is 3.03. The third-order valence-electron chi connectivity index (χ3n) is 6.09. The molecule has 1 aliphatic heterocycles. The fourth-order valence-electron chi connectivity index (χ4n) is 4.90. The average molecular weight is 374 g/mol. The van der Waals surface area contributed by atoms with Gasteiger partial charge in [-0.3, -0.25) is 19.7 Å². The summed E-state index contributed by atoms with van der Waals surface area (Å²) in [5.74, 6) is 0. The summed E-state index contributed by atoms with van der Waals surface area (Å²) in [6.07, 6.45) is 6.46. The van der Waals surface area contributed by atoms with Crippen molar-refractivity contribution < 1.29 is 4.74 Å².